The maximum absolute atomic E-state index is 10.7. The Labute approximate surface area is 110 Å². The van der Waals surface area contributed by atoms with E-state index < -0.39 is 4.92 Å². The highest BCUT2D eigenvalue weighted by atomic mass is 16.6. The van der Waals surface area contributed by atoms with Crippen molar-refractivity contribution < 1.29 is 4.92 Å². The average Bonchev–Trinajstić information content (AvgIpc) is 2.87. The van der Waals surface area contributed by atoms with E-state index in [4.69, 9.17) is 0 Å². The summed E-state index contributed by atoms with van der Waals surface area (Å²) in [7, 11) is 0. The zero-order chi connectivity index (χ0) is 13.7. The molecule has 0 aliphatic heterocycles. The van der Waals surface area contributed by atoms with Crippen LogP contribution in [0.4, 0.5) is 11.5 Å². The van der Waals surface area contributed by atoms with Crippen LogP contribution in [-0.2, 0) is 6.42 Å². The zero-order valence-electron chi connectivity index (χ0n) is 10.6. The van der Waals surface area contributed by atoms with Crippen LogP contribution in [0.2, 0.25) is 0 Å². The highest BCUT2D eigenvalue weighted by molar-refractivity contribution is 5.44. The molecule has 2 aromatic heterocycles. The Morgan fingerprint density at radius 2 is 2.32 bits per heavy atom. The van der Waals surface area contributed by atoms with E-state index in [0.717, 1.165) is 25.2 Å². The fourth-order valence-corrected chi connectivity index (χ4v) is 1.75. The summed E-state index contributed by atoms with van der Waals surface area (Å²) in [4.78, 5) is 21.6. The second-order valence-electron chi connectivity index (χ2n) is 4.12. The lowest BCUT2D eigenvalue weighted by Gasteiger charge is -2.05. The molecule has 0 aromatic carbocycles. The minimum absolute atomic E-state index is 0.0427. The minimum Gasteiger partial charge on any atom is -0.370 e. The highest BCUT2D eigenvalue weighted by Gasteiger charge is 2.11. The van der Waals surface area contributed by atoms with Gasteiger partial charge >= 0.3 is 0 Å². The van der Waals surface area contributed by atoms with Crippen LogP contribution in [0.25, 0.3) is 0 Å². The summed E-state index contributed by atoms with van der Waals surface area (Å²) in [5.74, 6) is 1.61. The summed E-state index contributed by atoms with van der Waals surface area (Å²) >= 11 is 0. The number of aromatic amines is 1. The summed E-state index contributed by atoms with van der Waals surface area (Å²) in [5.41, 5.74) is 0.460. The molecule has 0 atom stereocenters. The number of rotatable bonds is 6. The molecule has 0 fully saturated rings. The molecule has 7 nitrogen and oxygen atoms in total. The Kier molecular flexibility index (Phi) is 4.07. The molecule has 2 N–H and O–H groups in total. The van der Waals surface area contributed by atoms with Crippen molar-refractivity contribution >= 4 is 11.5 Å². The molecule has 0 radical (unpaired) electrons. The lowest BCUT2D eigenvalue weighted by Crippen LogP contribution is -2.06. The third-order valence-electron chi connectivity index (χ3n) is 2.71. The zero-order valence-corrected chi connectivity index (χ0v) is 10.6. The molecule has 0 saturated carbocycles. The number of aryl methyl sites for hydroxylation is 2. The lowest BCUT2D eigenvalue weighted by atomic mass is 10.3. The highest BCUT2D eigenvalue weighted by Crippen LogP contribution is 2.17. The van der Waals surface area contributed by atoms with Crippen LogP contribution in [0.1, 0.15) is 17.9 Å². The van der Waals surface area contributed by atoms with Gasteiger partial charge in [0.25, 0.3) is 5.69 Å². The molecular weight excluding hydrogens is 246 g/mol. The Hall–Kier alpha value is -2.44. The average molecular weight is 261 g/mol. The Morgan fingerprint density at radius 1 is 1.47 bits per heavy atom. The molecule has 0 spiro atoms. The van der Waals surface area contributed by atoms with Gasteiger partial charge in [0.2, 0.25) is 0 Å². The van der Waals surface area contributed by atoms with Crippen molar-refractivity contribution in [2.24, 2.45) is 0 Å². The second kappa shape index (κ2) is 5.94. The summed E-state index contributed by atoms with van der Waals surface area (Å²) in [5, 5.41) is 13.8. The van der Waals surface area contributed by atoms with Crippen molar-refractivity contribution in [3.05, 3.63) is 46.2 Å². The number of hydrogen-bond donors (Lipinski definition) is 2. The molecule has 0 bridgehead atoms. The van der Waals surface area contributed by atoms with Gasteiger partial charge in [-0.1, -0.05) is 0 Å². The SMILES string of the molecule is Cc1nc(NCCCc2ncc[nH]2)ccc1[N+](=O)[O-]. The number of nitrogens with one attached hydrogen (secondary N) is 2. The first-order valence-electron chi connectivity index (χ1n) is 6.01. The van der Waals surface area contributed by atoms with E-state index >= 15 is 0 Å². The molecule has 0 aliphatic rings. The second-order valence-corrected chi connectivity index (χ2v) is 4.12. The maximum atomic E-state index is 10.7. The number of nitro groups is 1. The number of pyridine rings is 1. The van der Waals surface area contributed by atoms with Crippen LogP contribution in [0.5, 0.6) is 0 Å². The van der Waals surface area contributed by atoms with Gasteiger partial charge in [0.15, 0.2) is 0 Å². The number of imidazole rings is 1. The van der Waals surface area contributed by atoms with Gasteiger partial charge in [-0.3, -0.25) is 10.1 Å². The molecule has 2 rings (SSSR count). The normalized spacial score (nSPS) is 10.4. The summed E-state index contributed by atoms with van der Waals surface area (Å²) < 4.78 is 0. The van der Waals surface area contributed by atoms with Crippen molar-refractivity contribution in [2.75, 3.05) is 11.9 Å². The number of nitrogens with zero attached hydrogens (tertiary/aromatic N) is 3. The van der Waals surface area contributed by atoms with E-state index in [9.17, 15) is 10.1 Å². The van der Waals surface area contributed by atoms with Gasteiger partial charge in [-0.2, -0.15) is 0 Å². The molecule has 7 heteroatoms. The number of aromatic nitrogens is 3. The predicted molar refractivity (Wildman–Crippen MR) is 71.0 cm³/mol. The third kappa shape index (κ3) is 3.51. The number of hydrogen-bond acceptors (Lipinski definition) is 5. The van der Waals surface area contributed by atoms with E-state index in [1.807, 2.05) is 0 Å². The van der Waals surface area contributed by atoms with Gasteiger partial charge in [0.05, 0.1) is 4.92 Å². The van der Waals surface area contributed by atoms with Crippen molar-refractivity contribution in [3.8, 4) is 0 Å². The molecular formula is C12H15N5O2. The Morgan fingerprint density at radius 3 is 2.95 bits per heavy atom. The fourth-order valence-electron chi connectivity index (χ4n) is 1.75. The van der Waals surface area contributed by atoms with Gasteiger partial charge in [0.1, 0.15) is 17.3 Å². The molecule has 2 heterocycles. The van der Waals surface area contributed by atoms with E-state index in [1.54, 1.807) is 25.4 Å². The van der Waals surface area contributed by atoms with E-state index in [2.05, 4.69) is 20.3 Å². The minimum atomic E-state index is -0.428. The van der Waals surface area contributed by atoms with Crippen molar-refractivity contribution in [1.29, 1.82) is 0 Å². The predicted octanol–water partition coefficient (Wildman–Crippen LogP) is 2.07. The molecule has 0 aliphatic carbocycles. The van der Waals surface area contributed by atoms with Crippen LogP contribution in [0.3, 0.4) is 0 Å². The Balaban J connectivity index is 1.83. The summed E-state index contributed by atoms with van der Waals surface area (Å²) in [6.45, 7) is 2.37. The molecule has 2 aromatic rings. The van der Waals surface area contributed by atoms with Crippen LogP contribution in [0.15, 0.2) is 24.5 Å². The fraction of sp³-hybridized carbons (Fsp3) is 0.333. The first kappa shape index (κ1) is 13.0. The first-order chi connectivity index (χ1) is 9.16. The van der Waals surface area contributed by atoms with Crippen molar-refractivity contribution in [1.82, 2.24) is 15.0 Å². The van der Waals surface area contributed by atoms with Gasteiger partial charge < -0.3 is 10.3 Å². The summed E-state index contributed by atoms with van der Waals surface area (Å²) in [6, 6.07) is 3.09. The van der Waals surface area contributed by atoms with Gasteiger partial charge in [0, 0.05) is 31.4 Å². The van der Waals surface area contributed by atoms with E-state index in [-0.39, 0.29) is 5.69 Å². The third-order valence-corrected chi connectivity index (χ3v) is 2.71. The summed E-state index contributed by atoms with van der Waals surface area (Å²) in [6.07, 6.45) is 5.28. The van der Waals surface area contributed by atoms with Gasteiger partial charge in [-0.15, -0.1) is 0 Å². The van der Waals surface area contributed by atoms with Crippen LogP contribution < -0.4 is 5.32 Å². The van der Waals surface area contributed by atoms with Crippen molar-refractivity contribution in [2.45, 2.75) is 19.8 Å². The van der Waals surface area contributed by atoms with Gasteiger partial charge in [-0.25, -0.2) is 9.97 Å². The van der Waals surface area contributed by atoms with Gasteiger partial charge in [-0.05, 0) is 19.4 Å². The first-order valence-corrected chi connectivity index (χ1v) is 6.01. The monoisotopic (exact) mass is 261 g/mol. The molecule has 0 saturated heterocycles. The Bertz CT molecular complexity index is 553. The number of anilines is 1. The lowest BCUT2D eigenvalue weighted by molar-refractivity contribution is -0.385. The largest absolute Gasteiger partial charge is 0.370 e. The van der Waals surface area contributed by atoms with Crippen LogP contribution in [0, 0.1) is 17.0 Å². The van der Waals surface area contributed by atoms with Crippen molar-refractivity contribution in [3.63, 3.8) is 0 Å². The molecule has 19 heavy (non-hydrogen) atoms. The molecule has 100 valence electrons. The quantitative estimate of drug-likeness (QED) is 0.471. The van der Waals surface area contributed by atoms with E-state index in [1.165, 1.54) is 6.07 Å². The van der Waals surface area contributed by atoms with Crippen LogP contribution in [-0.4, -0.2) is 26.4 Å². The maximum Gasteiger partial charge on any atom is 0.290 e. The molecule has 0 amide bonds. The van der Waals surface area contributed by atoms with E-state index in [0.29, 0.717) is 11.5 Å². The topological polar surface area (TPSA) is 96.7 Å². The number of H-pyrrole nitrogens is 1. The smallest absolute Gasteiger partial charge is 0.290 e. The molecule has 0 unspecified atom stereocenters. The standard InChI is InChI=1S/C12H15N5O2/c1-9-10(17(18)19)4-5-12(16-9)13-6-2-3-11-14-7-8-15-11/h4-5,7-8H,2-3,6H2,1H3,(H,13,16)(H,14,15). The van der Waals surface area contributed by atoms with Crippen LogP contribution >= 0.6 is 0 Å².